The molecule has 0 saturated heterocycles. The lowest BCUT2D eigenvalue weighted by atomic mass is 9.98. The van der Waals surface area contributed by atoms with Gasteiger partial charge >= 0.3 is 0 Å². The number of carbonyl (C=O) groups is 2. The molecule has 0 fully saturated rings. The minimum atomic E-state index is -0.209. The van der Waals surface area contributed by atoms with Crippen LogP contribution in [0.1, 0.15) is 46.0 Å². The maximum atomic E-state index is 12.2. The highest BCUT2D eigenvalue weighted by Crippen LogP contribution is 2.26. The van der Waals surface area contributed by atoms with Gasteiger partial charge in [-0.3, -0.25) is 9.59 Å². The number of nitrogens with zero attached hydrogens (tertiary/aromatic N) is 1. The lowest BCUT2D eigenvalue weighted by Gasteiger charge is -2.20. The molecule has 0 spiro atoms. The Hall–Kier alpha value is -1.96. The molecular formula is C16H19ClN4O2S. The Labute approximate surface area is 150 Å². The van der Waals surface area contributed by atoms with Crippen LogP contribution in [0.3, 0.4) is 0 Å². The molecule has 1 aromatic carbocycles. The number of rotatable bonds is 4. The molecular weight excluding hydrogens is 348 g/mol. The van der Waals surface area contributed by atoms with E-state index in [-0.39, 0.29) is 30.3 Å². The predicted octanol–water partition coefficient (Wildman–Crippen LogP) is 2.40. The zero-order valence-electron chi connectivity index (χ0n) is 13.2. The molecule has 1 unspecified atom stereocenters. The van der Waals surface area contributed by atoms with Crippen molar-refractivity contribution in [2.75, 3.05) is 5.32 Å². The lowest BCUT2D eigenvalue weighted by Crippen LogP contribution is -2.27. The highest BCUT2D eigenvalue weighted by molar-refractivity contribution is 7.09. The van der Waals surface area contributed by atoms with Crippen LogP contribution >= 0.6 is 23.7 Å². The first kappa shape index (κ1) is 18.4. The Bertz CT molecular complexity index is 762. The van der Waals surface area contributed by atoms with Crippen molar-refractivity contribution >= 4 is 41.2 Å². The number of benzene rings is 1. The maximum Gasteiger partial charge on any atom is 0.271 e. The van der Waals surface area contributed by atoms with Crippen LogP contribution in [0.2, 0.25) is 0 Å². The molecule has 2 heterocycles. The molecule has 0 bridgehead atoms. The largest absolute Gasteiger partial charge is 0.344 e. The number of nitrogens with two attached hydrogens (primary N) is 1. The molecule has 1 atom stereocenters. The maximum absolute atomic E-state index is 12.2. The number of carbonyl (C=O) groups excluding carboxylic acids is 2. The fraction of sp³-hybridized carbons (Fsp3) is 0.312. The molecule has 1 aromatic heterocycles. The zero-order valence-corrected chi connectivity index (χ0v) is 14.8. The molecule has 0 saturated carbocycles. The van der Waals surface area contributed by atoms with Crippen LogP contribution in [0.5, 0.6) is 0 Å². The van der Waals surface area contributed by atoms with Gasteiger partial charge < -0.3 is 16.4 Å². The van der Waals surface area contributed by atoms with Crippen LogP contribution in [0, 0.1) is 0 Å². The SMILES string of the molecule is CC(NC(=O)c1csc(CN)n1)c1ccc2c(c1)CCC(=O)N2.Cl. The van der Waals surface area contributed by atoms with Crippen molar-refractivity contribution in [1.82, 2.24) is 10.3 Å². The van der Waals surface area contributed by atoms with E-state index in [1.807, 2.05) is 25.1 Å². The first-order chi connectivity index (χ1) is 11.1. The number of fused-ring (bicyclic) bond motifs is 1. The molecule has 2 amide bonds. The molecule has 0 radical (unpaired) electrons. The van der Waals surface area contributed by atoms with Gasteiger partial charge in [0.25, 0.3) is 5.91 Å². The Balaban J connectivity index is 0.00000208. The van der Waals surface area contributed by atoms with Crippen LogP contribution in [0.15, 0.2) is 23.6 Å². The zero-order chi connectivity index (χ0) is 16.4. The number of hydrogen-bond acceptors (Lipinski definition) is 5. The molecule has 24 heavy (non-hydrogen) atoms. The van der Waals surface area contributed by atoms with Gasteiger partial charge in [-0.1, -0.05) is 12.1 Å². The van der Waals surface area contributed by atoms with Gasteiger partial charge in [0.1, 0.15) is 10.7 Å². The van der Waals surface area contributed by atoms with E-state index in [1.54, 1.807) is 5.38 Å². The Morgan fingerprint density at radius 1 is 1.46 bits per heavy atom. The number of nitrogens with one attached hydrogen (secondary N) is 2. The molecule has 1 aliphatic rings. The van der Waals surface area contributed by atoms with E-state index in [0.717, 1.165) is 28.2 Å². The van der Waals surface area contributed by atoms with Gasteiger partial charge in [0.2, 0.25) is 5.91 Å². The van der Waals surface area contributed by atoms with Gasteiger partial charge in [-0.2, -0.15) is 0 Å². The molecule has 1 aliphatic heterocycles. The fourth-order valence-electron chi connectivity index (χ4n) is 2.54. The van der Waals surface area contributed by atoms with Gasteiger partial charge in [-0.25, -0.2) is 4.98 Å². The average molecular weight is 367 g/mol. The van der Waals surface area contributed by atoms with Crippen molar-refractivity contribution in [3.8, 4) is 0 Å². The number of anilines is 1. The smallest absolute Gasteiger partial charge is 0.271 e. The minimum Gasteiger partial charge on any atom is -0.344 e. The normalized spacial score (nSPS) is 14.2. The summed E-state index contributed by atoms with van der Waals surface area (Å²) in [6, 6.07) is 5.70. The molecule has 128 valence electrons. The van der Waals surface area contributed by atoms with Gasteiger partial charge in [0, 0.05) is 24.0 Å². The van der Waals surface area contributed by atoms with E-state index in [0.29, 0.717) is 18.7 Å². The highest BCUT2D eigenvalue weighted by atomic mass is 35.5. The standard InChI is InChI=1S/C16H18N4O2S.ClH/c1-9(18-16(22)13-8-23-15(7-17)20-13)10-2-4-12-11(6-10)3-5-14(21)19-12;/h2,4,6,8-9H,3,5,7,17H2,1H3,(H,18,22)(H,19,21);1H. The van der Waals surface area contributed by atoms with Crippen molar-refractivity contribution in [3.63, 3.8) is 0 Å². The van der Waals surface area contributed by atoms with E-state index in [1.165, 1.54) is 11.3 Å². The average Bonchev–Trinajstić information content (AvgIpc) is 3.03. The Morgan fingerprint density at radius 2 is 2.25 bits per heavy atom. The Kier molecular flexibility index (Phi) is 5.93. The van der Waals surface area contributed by atoms with E-state index in [9.17, 15) is 9.59 Å². The second kappa shape index (κ2) is 7.74. The van der Waals surface area contributed by atoms with Crippen molar-refractivity contribution in [3.05, 3.63) is 45.4 Å². The van der Waals surface area contributed by atoms with Crippen LogP contribution in [0.4, 0.5) is 5.69 Å². The summed E-state index contributed by atoms with van der Waals surface area (Å²) in [7, 11) is 0. The number of hydrogen-bond donors (Lipinski definition) is 3. The topological polar surface area (TPSA) is 97.1 Å². The van der Waals surface area contributed by atoms with Crippen LogP contribution in [-0.2, 0) is 17.8 Å². The third-order valence-corrected chi connectivity index (χ3v) is 4.70. The van der Waals surface area contributed by atoms with E-state index >= 15 is 0 Å². The molecule has 8 heteroatoms. The first-order valence-electron chi connectivity index (χ1n) is 7.45. The van der Waals surface area contributed by atoms with E-state index < -0.39 is 0 Å². The van der Waals surface area contributed by atoms with Crippen LogP contribution in [0.25, 0.3) is 0 Å². The monoisotopic (exact) mass is 366 g/mol. The summed E-state index contributed by atoms with van der Waals surface area (Å²) < 4.78 is 0. The van der Waals surface area contributed by atoms with Gasteiger partial charge in [0.05, 0.1) is 6.04 Å². The first-order valence-corrected chi connectivity index (χ1v) is 8.33. The van der Waals surface area contributed by atoms with Gasteiger partial charge in [-0.05, 0) is 30.5 Å². The number of aryl methyl sites for hydroxylation is 1. The van der Waals surface area contributed by atoms with E-state index in [4.69, 9.17) is 5.73 Å². The molecule has 0 aliphatic carbocycles. The highest BCUT2D eigenvalue weighted by Gasteiger charge is 2.18. The summed E-state index contributed by atoms with van der Waals surface area (Å²) in [6.45, 7) is 2.27. The van der Waals surface area contributed by atoms with Crippen molar-refractivity contribution < 1.29 is 9.59 Å². The van der Waals surface area contributed by atoms with E-state index in [2.05, 4.69) is 15.6 Å². The summed E-state index contributed by atoms with van der Waals surface area (Å²) in [5.41, 5.74) is 8.87. The minimum absolute atomic E-state index is 0. The molecule has 3 rings (SSSR count). The third-order valence-electron chi connectivity index (χ3n) is 3.83. The van der Waals surface area contributed by atoms with Crippen LogP contribution < -0.4 is 16.4 Å². The van der Waals surface area contributed by atoms with Gasteiger partial charge in [0.15, 0.2) is 0 Å². The molecule has 2 aromatic rings. The number of amides is 2. The van der Waals surface area contributed by atoms with Gasteiger partial charge in [-0.15, -0.1) is 23.7 Å². The third kappa shape index (κ3) is 3.92. The van der Waals surface area contributed by atoms with Crippen molar-refractivity contribution in [1.29, 1.82) is 0 Å². The number of thiazole rings is 1. The quantitative estimate of drug-likeness (QED) is 0.773. The summed E-state index contributed by atoms with van der Waals surface area (Å²) >= 11 is 1.38. The van der Waals surface area contributed by atoms with Crippen LogP contribution in [-0.4, -0.2) is 16.8 Å². The molecule has 6 nitrogen and oxygen atoms in total. The second-order valence-corrected chi connectivity index (χ2v) is 6.43. The number of halogens is 1. The summed E-state index contributed by atoms with van der Waals surface area (Å²) in [4.78, 5) is 27.8. The van der Waals surface area contributed by atoms with Crippen molar-refractivity contribution in [2.45, 2.75) is 32.4 Å². The Morgan fingerprint density at radius 3 is 2.96 bits per heavy atom. The summed E-state index contributed by atoms with van der Waals surface area (Å²) in [6.07, 6.45) is 1.22. The fourth-order valence-corrected chi connectivity index (χ4v) is 3.19. The predicted molar refractivity (Wildman–Crippen MR) is 96.5 cm³/mol. The van der Waals surface area contributed by atoms with Crippen molar-refractivity contribution in [2.24, 2.45) is 5.73 Å². The second-order valence-electron chi connectivity index (χ2n) is 5.49. The summed E-state index contributed by atoms with van der Waals surface area (Å²) in [5.74, 6) is -0.162. The molecule has 4 N–H and O–H groups in total. The number of aromatic nitrogens is 1. The lowest BCUT2D eigenvalue weighted by molar-refractivity contribution is -0.116. The summed E-state index contributed by atoms with van der Waals surface area (Å²) in [5, 5.41) is 8.26.